The van der Waals surface area contributed by atoms with Gasteiger partial charge in [-0.3, -0.25) is 0 Å². The van der Waals surface area contributed by atoms with E-state index in [1.165, 1.54) is 0 Å². The molecule has 2 atom stereocenters. The predicted molar refractivity (Wildman–Crippen MR) is 87.5 cm³/mol. The first kappa shape index (κ1) is 20.0. The number of benzene rings is 1. The van der Waals surface area contributed by atoms with Crippen molar-refractivity contribution in [1.82, 2.24) is 5.32 Å². The molecular formula is C13H18ClN3O6S. The zero-order chi connectivity index (χ0) is 18.7. The number of nitrogens with two attached hydrogens (primary N) is 1. The number of nitrogens with one attached hydrogen (secondary N) is 2. The van der Waals surface area contributed by atoms with Crippen molar-refractivity contribution in [3.63, 3.8) is 0 Å². The summed E-state index contributed by atoms with van der Waals surface area (Å²) in [6, 6.07) is 0.202. The smallest absolute Gasteiger partial charge is 0.326 e. The summed E-state index contributed by atoms with van der Waals surface area (Å²) in [5.41, 5.74) is -0.283. The Morgan fingerprint density at radius 3 is 2.42 bits per heavy atom. The van der Waals surface area contributed by atoms with Crippen LogP contribution in [0.3, 0.4) is 0 Å². The van der Waals surface area contributed by atoms with Crippen LogP contribution in [-0.2, 0) is 14.8 Å². The zero-order valence-corrected chi connectivity index (χ0v) is 14.5. The number of rotatable bonds is 6. The van der Waals surface area contributed by atoms with E-state index in [2.05, 4.69) is 10.6 Å². The highest BCUT2D eigenvalue weighted by Crippen LogP contribution is 2.35. The fourth-order valence-electron chi connectivity index (χ4n) is 1.90. The van der Waals surface area contributed by atoms with Gasteiger partial charge in [-0.1, -0.05) is 31.9 Å². The lowest BCUT2D eigenvalue weighted by molar-refractivity contribution is -0.140. The first-order valence-corrected chi connectivity index (χ1v) is 8.76. The van der Waals surface area contributed by atoms with Crippen LogP contribution in [0.2, 0.25) is 5.02 Å². The van der Waals surface area contributed by atoms with Gasteiger partial charge in [-0.05, 0) is 18.1 Å². The highest BCUT2D eigenvalue weighted by Gasteiger charge is 2.26. The summed E-state index contributed by atoms with van der Waals surface area (Å²) in [6.07, 6.45) is 0.513. The zero-order valence-electron chi connectivity index (χ0n) is 12.9. The number of halogens is 1. The van der Waals surface area contributed by atoms with Crippen molar-refractivity contribution < 1.29 is 28.2 Å². The molecule has 0 spiro atoms. The van der Waals surface area contributed by atoms with Crippen LogP contribution >= 0.6 is 11.6 Å². The molecule has 9 nitrogen and oxygen atoms in total. The lowest BCUT2D eigenvalue weighted by atomic mass is 9.99. The third-order valence-electron chi connectivity index (χ3n) is 3.38. The standard InChI is InChI=1S/C13H18ClN3O6S/c1-3-6(2)9(12(19)20)17-13(21)16-8-5-4-7(14)11(10(8)18)24(15,22)23/h4-6,9,18H,3H2,1-2H3,(H,19,20)(H2,15,22,23)(H2,16,17,21)/t6?,9-/m0/s1. The van der Waals surface area contributed by atoms with Crippen LogP contribution in [0.25, 0.3) is 0 Å². The number of hydrogen-bond donors (Lipinski definition) is 5. The van der Waals surface area contributed by atoms with Gasteiger partial charge in [-0.15, -0.1) is 0 Å². The summed E-state index contributed by atoms with van der Waals surface area (Å²) < 4.78 is 22.9. The quantitative estimate of drug-likeness (QED) is 0.468. The van der Waals surface area contributed by atoms with E-state index in [1.54, 1.807) is 13.8 Å². The minimum absolute atomic E-state index is 0.283. The molecule has 0 saturated heterocycles. The number of phenolic OH excluding ortho intramolecular Hbond substituents is 1. The molecule has 0 aliphatic rings. The molecule has 0 bridgehead atoms. The molecule has 0 saturated carbocycles. The van der Waals surface area contributed by atoms with Gasteiger partial charge >= 0.3 is 12.0 Å². The molecule has 0 aromatic heterocycles. The van der Waals surface area contributed by atoms with E-state index in [1.807, 2.05) is 0 Å². The molecule has 2 amide bonds. The number of amides is 2. The number of primary sulfonamides is 1. The molecule has 134 valence electrons. The first-order valence-electron chi connectivity index (χ1n) is 6.83. The molecule has 1 rings (SSSR count). The molecule has 0 aliphatic heterocycles. The number of sulfonamides is 1. The molecule has 0 heterocycles. The largest absolute Gasteiger partial charge is 0.504 e. The summed E-state index contributed by atoms with van der Waals surface area (Å²) in [4.78, 5) is 22.4. The van der Waals surface area contributed by atoms with Crippen LogP contribution in [0.1, 0.15) is 20.3 Å². The maximum atomic E-state index is 11.9. The van der Waals surface area contributed by atoms with E-state index in [-0.39, 0.29) is 16.6 Å². The number of urea groups is 1. The number of hydrogen-bond acceptors (Lipinski definition) is 5. The van der Waals surface area contributed by atoms with E-state index < -0.39 is 38.7 Å². The van der Waals surface area contributed by atoms with Crippen LogP contribution in [-0.4, -0.2) is 36.7 Å². The Morgan fingerprint density at radius 1 is 1.38 bits per heavy atom. The fraction of sp³-hybridized carbons (Fsp3) is 0.385. The number of aromatic hydroxyl groups is 1. The van der Waals surface area contributed by atoms with Crippen molar-refractivity contribution in [3.8, 4) is 5.75 Å². The van der Waals surface area contributed by atoms with Crippen LogP contribution in [0.5, 0.6) is 5.75 Å². The number of carboxylic acids is 1. The Bertz CT molecular complexity index is 752. The van der Waals surface area contributed by atoms with Crippen molar-refractivity contribution in [2.45, 2.75) is 31.2 Å². The molecule has 6 N–H and O–H groups in total. The third kappa shape index (κ3) is 4.73. The van der Waals surface area contributed by atoms with Crippen LogP contribution in [0.15, 0.2) is 17.0 Å². The molecule has 11 heteroatoms. The van der Waals surface area contributed by atoms with Crippen LogP contribution in [0.4, 0.5) is 10.5 Å². The van der Waals surface area contributed by atoms with Crippen molar-refractivity contribution in [1.29, 1.82) is 0 Å². The summed E-state index contributed by atoms with van der Waals surface area (Å²) in [6.45, 7) is 3.42. The van der Waals surface area contributed by atoms with Crippen molar-refractivity contribution in [2.75, 3.05) is 5.32 Å². The second-order valence-corrected chi connectivity index (χ2v) is 7.02. The van der Waals surface area contributed by atoms with E-state index in [4.69, 9.17) is 21.8 Å². The van der Waals surface area contributed by atoms with Gasteiger partial charge in [0.15, 0.2) is 5.75 Å². The van der Waals surface area contributed by atoms with Crippen molar-refractivity contribution in [3.05, 3.63) is 17.2 Å². The second-order valence-electron chi connectivity index (χ2n) is 5.12. The van der Waals surface area contributed by atoms with E-state index >= 15 is 0 Å². The average molecular weight is 380 g/mol. The molecule has 0 radical (unpaired) electrons. The predicted octanol–water partition coefficient (Wildman–Crippen LogP) is 1.31. The van der Waals surface area contributed by atoms with Crippen molar-refractivity contribution in [2.24, 2.45) is 11.1 Å². The molecule has 1 aromatic carbocycles. The Hall–Kier alpha value is -2.04. The highest BCUT2D eigenvalue weighted by molar-refractivity contribution is 7.89. The summed E-state index contributed by atoms with van der Waals surface area (Å²) in [7, 11) is -4.32. The Labute approximate surface area is 143 Å². The Kier molecular flexibility index (Phi) is 6.41. The minimum atomic E-state index is -4.32. The van der Waals surface area contributed by atoms with Crippen LogP contribution < -0.4 is 15.8 Å². The number of carbonyl (C=O) groups excluding carboxylic acids is 1. The van der Waals surface area contributed by atoms with Gasteiger partial charge in [-0.25, -0.2) is 23.1 Å². The maximum Gasteiger partial charge on any atom is 0.326 e. The van der Waals surface area contributed by atoms with E-state index in [0.717, 1.165) is 12.1 Å². The third-order valence-corrected chi connectivity index (χ3v) is 4.79. The number of phenols is 1. The highest BCUT2D eigenvalue weighted by atomic mass is 35.5. The van der Waals surface area contributed by atoms with Gasteiger partial charge in [0, 0.05) is 0 Å². The lowest BCUT2D eigenvalue weighted by Crippen LogP contribution is -2.46. The second kappa shape index (κ2) is 7.69. The monoisotopic (exact) mass is 379 g/mol. The minimum Gasteiger partial charge on any atom is -0.504 e. The van der Waals surface area contributed by atoms with Crippen molar-refractivity contribution >= 4 is 39.3 Å². The molecule has 0 aliphatic carbocycles. The SMILES string of the molecule is CCC(C)[C@H](NC(=O)Nc1ccc(Cl)c(S(N)(=O)=O)c1O)C(=O)O. The first-order chi connectivity index (χ1) is 11.0. The Balaban J connectivity index is 3.06. The Morgan fingerprint density at radius 2 is 1.96 bits per heavy atom. The molecule has 1 aromatic rings. The van der Waals surface area contributed by atoms with Gasteiger partial charge in [0.05, 0.1) is 10.7 Å². The maximum absolute atomic E-state index is 11.9. The number of carboxylic acid groups (broad SMARTS) is 1. The summed E-state index contributed by atoms with van der Waals surface area (Å²) in [5.74, 6) is -2.40. The normalized spacial score (nSPS) is 13.8. The fourth-order valence-corrected chi connectivity index (χ4v) is 3.10. The summed E-state index contributed by atoms with van der Waals surface area (Å²) in [5, 5.41) is 28.1. The topological polar surface area (TPSA) is 159 Å². The van der Waals surface area contributed by atoms with E-state index in [0.29, 0.717) is 6.42 Å². The molecule has 0 fully saturated rings. The average Bonchev–Trinajstić information content (AvgIpc) is 2.45. The number of anilines is 1. The lowest BCUT2D eigenvalue weighted by Gasteiger charge is -2.20. The number of carbonyl (C=O) groups is 2. The van der Waals surface area contributed by atoms with Gasteiger partial charge in [0.2, 0.25) is 10.0 Å². The van der Waals surface area contributed by atoms with Gasteiger partial charge < -0.3 is 20.8 Å². The number of aliphatic carboxylic acids is 1. The van der Waals surface area contributed by atoms with Gasteiger partial charge in [-0.2, -0.15) is 0 Å². The van der Waals surface area contributed by atoms with Gasteiger partial charge in [0.25, 0.3) is 0 Å². The van der Waals surface area contributed by atoms with E-state index in [9.17, 15) is 23.1 Å². The molecular weight excluding hydrogens is 362 g/mol. The van der Waals surface area contributed by atoms with Crippen LogP contribution in [0, 0.1) is 5.92 Å². The molecule has 1 unspecified atom stereocenters. The molecule has 24 heavy (non-hydrogen) atoms. The van der Waals surface area contributed by atoms with Gasteiger partial charge in [0.1, 0.15) is 10.9 Å². The summed E-state index contributed by atoms with van der Waals surface area (Å²) >= 11 is 5.68.